The van der Waals surface area contributed by atoms with Crippen molar-refractivity contribution in [1.29, 1.82) is 0 Å². The summed E-state index contributed by atoms with van der Waals surface area (Å²) in [6.45, 7) is 1.89. The Morgan fingerprint density at radius 2 is 2.38 bits per heavy atom. The van der Waals surface area contributed by atoms with E-state index < -0.39 is 5.97 Å². The predicted molar refractivity (Wildman–Crippen MR) is 50.0 cm³/mol. The number of rotatable bonds is 2. The largest absolute Gasteiger partial charge is 0.478 e. The molecule has 3 N–H and O–H groups in total. The van der Waals surface area contributed by atoms with E-state index in [-0.39, 0.29) is 16.4 Å². The van der Waals surface area contributed by atoms with Gasteiger partial charge in [0.15, 0.2) is 0 Å². The van der Waals surface area contributed by atoms with Crippen LogP contribution in [0.2, 0.25) is 5.02 Å². The normalized spacial score (nSPS) is 10.0. The van der Waals surface area contributed by atoms with Gasteiger partial charge in [-0.1, -0.05) is 18.5 Å². The number of hydrogen-bond donors (Lipinski definition) is 2. The average Bonchev–Trinajstić information content (AvgIpc) is 2.02. The van der Waals surface area contributed by atoms with E-state index in [1.54, 1.807) is 0 Å². The fourth-order valence-electron chi connectivity index (χ4n) is 0.977. The Balaban J connectivity index is 3.31. The Bertz CT molecular complexity index is 329. The Labute approximate surface area is 80.3 Å². The molecule has 70 valence electrons. The summed E-state index contributed by atoms with van der Waals surface area (Å²) >= 11 is 5.71. The SMILES string of the molecule is CCc1cc(Cl)c(C(=O)O)c(N)n1. The summed E-state index contributed by atoms with van der Waals surface area (Å²) in [4.78, 5) is 14.5. The van der Waals surface area contributed by atoms with E-state index in [0.29, 0.717) is 12.1 Å². The number of nitrogen functional groups attached to an aromatic ring is 1. The third-order valence-corrected chi connectivity index (χ3v) is 1.93. The number of hydrogen-bond acceptors (Lipinski definition) is 3. The lowest BCUT2D eigenvalue weighted by molar-refractivity contribution is 0.0698. The number of carboxylic acid groups (broad SMARTS) is 1. The first kappa shape index (κ1) is 9.80. The molecule has 13 heavy (non-hydrogen) atoms. The van der Waals surface area contributed by atoms with Crippen LogP contribution in [0.3, 0.4) is 0 Å². The van der Waals surface area contributed by atoms with Gasteiger partial charge in [-0.05, 0) is 12.5 Å². The van der Waals surface area contributed by atoms with Crippen LogP contribution in [-0.2, 0) is 6.42 Å². The van der Waals surface area contributed by atoms with Crippen molar-refractivity contribution in [3.63, 3.8) is 0 Å². The molecule has 0 aliphatic heterocycles. The van der Waals surface area contributed by atoms with E-state index in [1.807, 2.05) is 6.92 Å². The van der Waals surface area contributed by atoms with Crippen molar-refractivity contribution in [2.24, 2.45) is 0 Å². The second kappa shape index (κ2) is 3.62. The summed E-state index contributed by atoms with van der Waals surface area (Å²) in [6, 6.07) is 1.52. The Hall–Kier alpha value is -1.29. The van der Waals surface area contributed by atoms with Gasteiger partial charge in [0.25, 0.3) is 0 Å². The van der Waals surface area contributed by atoms with E-state index in [1.165, 1.54) is 6.07 Å². The third-order valence-electron chi connectivity index (χ3n) is 1.63. The molecule has 1 aromatic rings. The molecule has 0 unspecified atom stereocenters. The number of nitrogens with two attached hydrogens (primary N) is 1. The van der Waals surface area contributed by atoms with Crippen molar-refractivity contribution < 1.29 is 9.90 Å². The first-order valence-corrected chi connectivity index (χ1v) is 4.12. The molecule has 0 saturated heterocycles. The standard InChI is InChI=1S/C8H9ClN2O2/c1-2-4-3-5(9)6(8(12)13)7(10)11-4/h3H,2H2,1H3,(H2,10,11)(H,12,13). The molecule has 0 amide bonds. The molecule has 1 rings (SSSR count). The maximum absolute atomic E-state index is 10.6. The van der Waals surface area contributed by atoms with Gasteiger partial charge in [-0.25, -0.2) is 9.78 Å². The predicted octanol–water partition coefficient (Wildman–Crippen LogP) is 1.58. The molecule has 0 spiro atoms. The van der Waals surface area contributed by atoms with Gasteiger partial charge >= 0.3 is 5.97 Å². The van der Waals surface area contributed by atoms with Gasteiger partial charge in [-0.3, -0.25) is 0 Å². The minimum Gasteiger partial charge on any atom is -0.478 e. The Kier molecular flexibility index (Phi) is 2.72. The van der Waals surface area contributed by atoms with Gasteiger partial charge in [0.05, 0.1) is 5.02 Å². The monoisotopic (exact) mass is 200 g/mol. The third kappa shape index (κ3) is 1.89. The summed E-state index contributed by atoms with van der Waals surface area (Å²) in [5.41, 5.74) is 5.98. The van der Waals surface area contributed by atoms with Crippen molar-refractivity contribution in [3.8, 4) is 0 Å². The van der Waals surface area contributed by atoms with Gasteiger partial charge in [0.2, 0.25) is 0 Å². The van der Waals surface area contributed by atoms with Crippen molar-refractivity contribution in [2.45, 2.75) is 13.3 Å². The lowest BCUT2D eigenvalue weighted by atomic mass is 10.2. The van der Waals surface area contributed by atoms with Crippen molar-refractivity contribution in [2.75, 3.05) is 5.73 Å². The highest BCUT2D eigenvalue weighted by Gasteiger charge is 2.14. The number of pyridine rings is 1. The second-order valence-corrected chi connectivity index (χ2v) is 2.92. The first-order valence-electron chi connectivity index (χ1n) is 3.74. The number of aromatic nitrogens is 1. The van der Waals surface area contributed by atoms with E-state index in [9.17, 15) is 4.79 Å². The molecule has 4 nitrogen and oxygen atoms in total. The molecule has 0 aromatic carbocycles. The highest BCUT2D eigenvalue weighted by molar-refractivity contribution is 6.34. The van der Waals surface area contributed by atoms with Crippen LogP contribution in [0.4, 0.5) is 5.82 Å². The summed E-state index contributed by atoms with van der Waals surface area (Å²) in [5.74, 6) is -1.19. The van der Waals surface area contributed by atoms with Gasteiger partial charge in [0, 0.05) is 5.69 Å². The van der Waals surface area contributed by atoms with E-state index in [2.05, 4.69) is 4.98 Å². The average molecular weight is 201 g/mol. The maximum Gasteiger partial charge on any atom is 0.340 e. The highest BCUT2D eigenvalue weighted by Crippen LogP contribution is 2.21. The van der Waals surface area contributed by atoms with E-state index >= 15 is 0 Å². The van der Waals surface area contributed by atoms with Crippen LogP contribution < -0.4 is 5.73 Å². The first-order chi connectivity index (χ1) is 6.06. The fourth-order valence-corrected chi connectivity index (χ4v) is 1.28. The molecule has 5 heteroatoms. The summed E-state index contributed by atoms with van der Waals surface area (Å²) < 4.78 is 0. The zero-order valence-electron chi connectivity index (χ0n) is 7.04. The molecule has 0 aliphatic carbocycles. The lowest BCUT2D eigenvalue weighted by Gasteiger charge is -2.04. The van der Waals surface area contributed by atoms with Crippen LogP contribution in [0.15, 0.2) is 6.07 Å². The summed E-state index contributed by atoms with van der Waals surface area (Å²) in [7, 11) is 0. The molecule has 0 aliphatic rings. The van der Waals surface area contributed by atoms with E-state index in [0.717, 1.165) is 0 Å². The zero-order valence-corrected chi connectivity index (χ0v) is 7.80. The topological polar surface area (TPSA) is 76.2 Å². The number of aryl methyl sites for hydroxylation is 1. The Morgan fingerprint density at radius 1 is 1.77 bits per heavy atom. The van der Waals surface area contributed by atoms with Crippen LogP contribution in [0.1, 0.15) is 23.0 Å². The van der Waals surface area contributed by atoms with Crippen molar-refractivity contribution >= 4 is 23.4 Å². The van der Waals surface area contributed by atoms with Gasteiger partial charge in [-0.2, -0.15) is 0 Å². The molecule has 1 heterocycles. The molecular weight excluding hydrogens is 192 g/mol. The molecule has 0 radical (unpaired) electrons. The van der Waals surface area contributed by atoms with Crippen LogP contribution in [-0.4, -0.2) is 16.1 Å². The van der Waals surface area contributed by atoms with Crippen molar-refractivity contribution in [3.05, 3.63) is 22.3 Å². The van der Waals surface area contributed by atoms with Crippen molar-refractivity contribution in [1.82, 2.24) is 4.98 Å². The van der Waals surface area contributed by atoms with Crippen LogP contribution in [0.5, 0.6) is 0 Å². The molecule has 0 bridgehead atoms. The number of halogens is 1. The number of anilines is 1. The Morgan fingerprint density at radius 3 is 2.77 bits per heavy atom. The van der Waals surface area contributed by atoms with Crippen LogP contribution >= 0.6 is 11.6 Å². The number of aromatic carboxylic acids is 1. The minimum absolute atomic E-state index is 0.0307. The maximum atomic E-state index is 10.6. The number of carbonyl (C=O) groups is 1. The molecular formula is C8H9ClN2O2. The van der Waals surface area contributed by atoms with Gasteiger partial charge in [-0.15, -0.1) is 0 Å². The summed E-state index contributed by atoms with van der Waals surface area (Å²) in [5, 5.41) is 8.84. The number of carboxylic acids is 1. The quantitative estimate of drug-likeness (QED) is 0.760. The van der Waals surface area contributed by atoms with Crippen LogP contribution in [0.25, 0.3) is 0 Å². The number of nitrogens with zero attached hydrogens (tertiary/aromatic N) is 1. The lowest BCUT2D eigenvalue weighted by Crippen LogP contribution is -2.07. The highest BCUT2D eigenvalue weighted by atomic mass is 35.5. The summed E-state index contributed by atoms with van der Waals surface area (Å²) in [6.07, 6.45) is 0.670. The van der Waals surface area contributed by atoms with Gasteiger partial charge in [0.1, 0.15) is 11.4 Å². The molecule has 0 atom stereocenters. The van der Waals surface area contributed by atoms with Crippen LogP contribution in [0, 0.1) is 0 Å². The smallest absolute Gasteiger partial charge is 0.340 e. The molecule has 0 fully saturated rings. The fraction of sp³-hybridized carbons (Fsp3) is 0.250. The minimum atomic E-state index is -1.15. The molecule has 1 aromatic heterocycles. The van der Waals surface area contributed by atoms with E-state index in [4.69, 9.17) is 22.4 Å². The second-order valence-electron chi connectivity index (χ2n) is 2.51. The zero-order chi connectivity index (χ0) is 10.0. The molecule has 0 saturated carbocycles. The van der Waals surface area contributed by atoms with Gasteiger partial charge < -0.3 is 10.8 Å².